The zero-order valence-corrected chi connectivity index (χ0v) is 23.0. The van der Waals surface area contributed by atoms with Crippen molar-refractivity contribution >= 4 is 23.6 Å². The van der Waals surface area contributed by atoms with Crippen molar-refractivity contribution in [3.05, 3.63) is 47.5 Å². The second-order valence-corrected chi connectivity index (χ2v) is 12.1. The summed E-state index contributed by atoms with van der Waals surface area (Å²) in [6.45, 7) is 7.60. The summed E-state index contributed by atoms with van der Waals surface area (Å²) in [5.74, 6) is 0.561. The SMILES string of the molecule is CC(C)(C)OC(=O)NC(Cc1ccc(Cl)cc1)C(=O)N1CCC(Cn2cncn2)(C2CCCCC2)CC1. The number of hydrogen-bond donors (Lipinski definition) is 1. The number of nitrogens with zero attached hydrogens (tertiary/aromatic N) is 4. The van der Waals surface area contributed by atoms with Crippen molar-refractivity contribution < 1.29 is 14.3 Å². The zero-order valence-electron chi connectivity index (χ0n) is 22.3. The van der Waals surface area contributed by atoms with Crippen LogP contribution in [0, 0.1) is 11.3 Å². The minimum atomic E-state index is -0.714. The van der Waals surface area contributed by atoms with Crippen LogP contribution in [0.4, 0.5) is 4.79 Å². The molecule has 1 N–H and O–H groups in total. The van der Waals surface area contributed by atoms with Gasteiger partial charge in [-0.25, -0.2) is 9.78 Å². The highest BCUT2D eigenvalue weighted by Crippen LogP contribution is 2.47. The fourth-order valence-electron chi connectivity index (χ4n) is 5.95. The predicted molar refractivity (Wildman–Crippen MR) is 143 cm³/mol. The number of rotatable bonds is 7. The first-order valence-electron chi connectivity index (χ1n) is 13.5. The van der Waals surface area contributed by atoms with Gasteiger partial charge in [-0.2, -0.15) is 5.10 Å². The summed E-state index contributed by atoms with van der Waals surface area (Å²) in [7, 11) is 0. The first kappa shape index (κ1) is 27.4. The highest BCUT2D eigenvalue weighted by molar-refractivity contribution is 6.30. The van der Waals surface area contributed by atoms with E-state index in [0.717, 1.165) is 24.9 Å². The lowest BCUT2D eigenvalue weighted by atomic mass is 9.63. The van der Waals surface area contributed by atoms with Crippen molar-refractivity contribution in [2.45, 2.75) is 90.3 Å². The Morgan fingerprint density at radius 2 is 1.81 bits per heavy atom. The van der Waals surface area contributed by atoms with Crippen LogP contribution in [-0.2, 0) is 22.5 Å². The van der Waals surface area contributed by atoms with Gasteiger partial charge in [0.2, 0.25) is 5.91 Å². The lowest BCUT2D eigenvalue weighted by Gasteiger charge is -2.48. The summed E-state index contributed by atoms with van der Waals surface area (Å²) >= 11 is 6.06. The molecule has 0 bridgehead atoms. The number of hydrogen-bond acceptors (Lipinski definition) is 5. The number of carbonyl (C=O) groups excluding carboxylic acids is 2. The normalized spacial score (nSPS) is 19.3. The lowest BCUT2D eigenvalue weighted by Crippen LogP contribution is -2.55. The van der Waals surface area contributed by atoms with Gasteiger partial charge >= 0.3 is 6.09 Å². The summed E-state index contributed by atoms with van der Waals surface area (Å²) in [5, 5.41) is 7.88. The third-order valence-corrected chi connectivity index (χ3v) is 8.08. The maximum absolute atomic E-state index is 13.8. The molecule has 9 heteroatoms. The van der Waals surface area contributed by atoms with Crippen LogP contribution in [0.15, 0.2) is 36.9 Å². The molecule has 1 saturated heterocycles. The summed E-state index contributed by atoms with van der Waals surface area (Å²) in [6, 6.07) is 6.67. The maximum Gasteiger partial charge on any atom is 0.408 e. The van der Waals surface area contributed by atoms with E-state index in [0.29, 0.717) is 30.5 Å². The minimum absolute atomic E-state index is 0.0705. The molecule has 1 saturated carbocycles. The topological polar surface area (TPSA) is 89.4 Å². The van der Waals surface area contributed by atoms with E-state index in [1.165, 1.54) is 32.1 Å². The van der Waals surface area contributed by atoms with Gasteiger partial charge in [-0.3, -0.25) is 9.48 Å². The van der Waals surface area contributed by atoms with Gasteiger partial charge in [-0.05, 0) is 75.5 Å². The molecule has 37 heavy (non-hydrogen) atoms. The first-order chi connectivity index (χ1) is 17.6. The summed E-state index contributed by atoms with van der Waals surface area (Å²) in [6.07, 6.45) is 11.4. The Bertz CT molecular complexity index is 1020. The molecule has 2 aliphatic rings. The number of nitrogens with one attached hydrogen (secondary N) is 1. The molecule has 1 aliphatic heterocycles. The van der Waals surface area contributed by atoms with Crippen molar-refractivity contribution in [1.29, 1.82) is 0 Å². The fraction of sp³-hybridized carbons (Fsp3) is 0.643. The average Bonchev–Trinajstić information content (AvgIpc) is 3.37. The summed E-state index contributed by atoms with van der Waals surface area (Å²) in [5.41, 5.74) is 0.387. The Morgan fingerprint density at radius 3 is 2.41 bits per heavy atom. The van der Waals surface area contributed by atoms with E-state index in [2.05, 4.69) is 15.4 Å². The second-order valence-electron chi connectivity index (χ2n) is 11.6. The Balaban J connectivity index is 1.48. The van der Waals surface area contributed by atoms with Crippen LogP contribution in [0.25, 0.3) is 0 Å². The molecule has 1 atom stereocenters. The Hall–Kier alpha value is -2.61. The van der Waals surface area contributed by atoms with Gasteiger partial charge in [0.25, 0.3) is 0 Å². The number of ether oxygens (including phenoxy) is 1. The number of likely N-dealkylation sites (tertiary alicyclic amines) is 1. The number of alkyl carbamates (subject to hydrolysis) is 1. The fourth-order valence-corrected chi connectivity index (χ4v) is 6.07. The van der Waals surface area contributed by atoms with Crippen molar-refractivity contribution in [2.24, 2.45) is 11.3 Å². The van der Waals surface area contributed by atoms with E-state index in [1.807, 2.05) is 42.5 Å². The molecule has 1 aromatic carbocycles. The quantitative estimate of drug-likeness (QED) is 0.528. The second kappa shape index (κ2) is 11.8. The summed E-state index contributed by atoms with van der Waals surface area (Å²) < 4.78 is 7.43. The van der Waals surface area contributed by atoms with Gasteiger partial charge in [0.15, 0.2) is 0 Å². The number of amides is 2. The van der Waals surface area contributed by atoms with Gasteiger partial charge < -0.3 is 15.0 Å². The molecule has 1 aliphatic carbocycles. The minimum Gasteiger partial charge on any atom is -0.444 e. The monoisotopic (exact) mass is 529 g/mol. The van der Waals surface area contributed by atoms with Gasteiger partial charge in [0.05, 0.1) is 0 Å². The van der Waals surface area contributed by atoms with Gasteiger partial charge in [-0.1, -0.05) is 43.0 Å². The summed E-state index contributed by atoms with van der Waals surface area (Å²) in [4.78, 5) is 32.5. The molecule has 1 unspecified atom stereocenters. The molecular formula is C28H40ClN5O3. The van der Waals surface area contributed by atoms with Crippen LogP contribution >= 0.6 is 11.6 Å². The van der Waals surface area contributed by atoms with Crippen LogP contribution in [0.5, 0.6) is 0 Å². The molecule has 4 rings (SSSR count). The largest absolute Gasteiger partial charge is 0.444 e. The number of aromatic nitrogens is 3. The molecular weight excluding hydrogens is 490 g/mol. The molecule has 0 spiro atoms. The third-order valence-electron chi connectivity index (χ3n) is 7.83. The van der Waals surface area contributed by atoms with Crippen LogP contribution in [-0.4, -0.2) is 56.4 Å². The average molecular weight is 530 g/mol. The van der Waals surface area contributed by atoms with Crippen molar-refractivity contribution in [2.75, 3.05) is 13.1 Å². The molecule has 0 radical (unpaired) electrons. The highest BCUT2D eigenvalue weighted by Gasteiger charge is 2.44. The number of piperidine rings is 1. The zero-order chi connectivity index (χ0) is 26.5. The number of benzene rings is 1. The predicted octanol–water partition coefficient (Wildman–Crippen LogP) is 5.26. The third kappa shape index (κ3) is 7.46. The Morgan fingerprint density at radius 1 is 1.14 bits per heavy atom. The highest BCUT2D eigenvalue weighted by atomic mass is 35.5. The molecule has 2 heterocycles. The van der Waals surface area contributed by atoms with E-state index in [4.69, 9.17) is 16.3 Å². The lowest BCUT2D eigenvalue weighted by molar-refractivity contribution is -0.137. The Labute approximate surface area is 225 Å². The maximum atomic E-state index is 13.8. The molecule has 2 amide bonds. The molecule has 2 aromatic rings. The first-order valence-corrected chi connectivity index (χ1v) is 13.9. The van der Waals surface area contributed by atoms with E-state index in [9.17, 15) is 9.59 Å². The molecule has 202 valence electrons. The molecule has 1 aromatic heterocycles. The number of halogens is 1. The van der Waals surface area contributed by atoms with Crippen molar-refractivity contribution in [3.63, 3.8) is 0 Å². The van der Waals surface area contributed by atoms with Crippen LogP contribution in [0.1, 0.15) is 71.3 Å². The van der Waals surface area contributed by atoms with Crippen LogP contribution in [0.2, 0.25) is 5.02 Å². The standard InChI is InChI=1S/C28H40ClN5O3/c1-27(2,3)37-26(36)32-24(17-21-9-11-23(29)12-10-21)25(35)33-15-13-28(14-16-33,18-34-20-30-19-31-34)22-7-5-4-6-8-22/h9-12,19-20,22,24H,4-8,13-18H2,1-3H3,(H,32,36). The van der Waals surface area contributed by atoms with Gasteiger partial charge in [0, 0.05) is 31.1 Å². The Kier molecular flexibility index (Phi) is 8.78. The van der Waals surface area contributed by atoms with Crippen molar-refractivity contribution in [1.82, 2.24) is 25.0 Å². The van der Waals surface area contributed by atoms with E-state index in [-0.39, 0.29) is 11.3 Å². The smallest absolute Gasteiger partial charge is 0.408 e. The van der Waals surface area contributed by atoms with Crippen LogP contribution < -0.4 is 5.32 Å². The van der Waals surface area contributed by atoms with Crippen molar-refractivity contribution in [3.8, 4) is 0 Å². The van der Waals surface area contributed by atoms with E-state index < -0.39 is 17.7 Å². The van der Waals surface area contributed by atoms with Gasteiger partial charge in [0.1, 0.15) is 24.3 Å². The van der Waals surface area contributed by atoms with Crippen LogP contribution in [0.3, 0.4) is 0 Å². The molecule has 8 nitrogen and oxygen atoms in total. The van der Waals surface area contributed by atoms with E-state index >= 15 is 0 Å². The van der Waals surface area contributed by atoms with E-state index in [1.54, 1.807) is 24.8 Å². The van der Waals surface area contributed by atoms with Gasteiger partial charge in [-0.15, -0.1) is 0 Å². The number of carbonyl (C=O) groups is 2. The molecule has 2 fully saturated rings.